The normalized spacial score (nSPS) is 18.8. The van der Waals surface area contributed by atoms with E-state index in [2.05, 4.69) is 15.9 Å². The van der Waals surface area contributed by atoms with Crippen LogP contribution in [0.3, 0.4) is 0 Å². The fraction of sp³-hybridized carbons (Fsp3) is 0.519. The van der Waals surface area contributed by atoms with Crippen LogP contribution in [0.1, 0.15) is 60.5 Å². The van der Waals surface area contributed by atoms with Gasteiger partial charge in [-0.25, -0.2) is 13.9 Å². The van der Waals surface area contributed by atoms with Gasteiger partial charge in [-0.05, 0) is 77.6 Å². The third-order valence-corrected chi connectivity index (χ3v) is 7.76. The van der Waals surface area contributed by atoms with Gasteiger partial charge in [-0.15, -0.1) is 0 Å². The maximum atomic E-state index is 14.3. The zero-order chi connectivity index (χ0) is 26.8. The molecular weight excluding hydrogens is 548 g/mol. The summed E-state index contributed by atoms with van der Waals surface area (Å²) >= 11 is 3.29. The zero-order valence-electron chi connectivity index (χ0n) is 22.1. The quantitative estimate of drug-likeness (QED) is 0.279. The predicted octanol–water partition coefficient (Wildman–Crippen LogP) is 8.13. The lowest BCUT2D eigenvalue weighted by Crippen LogP contribution is -2.36. The molecule has 0 spiro atoms. The molecule has 1 aliphatic rings. The van der Waals surface area contributed by atoms with Crippen molar-refractivity contribution in [2.24, 2.45) is 4.99 Å². The average Bonchev–Trinajstić information content (AvgIpc) is 3.10. The monoisotopic (exact) mass is 583 g/mol. The first kappa shape index (κ1) is 29.0. The van der Waals surface area contributed by atoms with Crippen LogP contribution >= 0.6 is 23.8 Å². The standard InChI is InChI=1S/C27H36BrFNO5P/c1-19-30-27(17-32-19,18-33-36(31,34-25(2,3)4)35-26(5,6)7)15-14-20-8-10-21(11-9-20)23-13-12-22(28)16-24(23)29/h8-13,16H,14-15,17-18H2,1-7H3. The smallest absolute Gasteiger partial charge is 0.475 e. The molecule has 36 heavy (non-hydrogen) atoms. The van der Waals surface area contributed by atoms with Crippen molar-refractivity contribution in [2.45, 2.75) is 78.0 Å². The Balaban J connectivity index is 1.73. The van der Waals surface area contributed by atoms with Gasteiger partial charge in [0.15, 0.2) is 5.90 Å². The number of aryl methyl sites for hydroxylation is 1. The van der Waals surface area contributed by atoms with Gasteiger partial charge in [0, 0.05) is 17.0 Å². The summed E-state index contributed by atoms with van der Waals surface area (Å²) in [5, 5.41) is 0. The van der Waals surface area contributed by atoms with Gasteiger partial charge in [0.25, 0.3) is 0 Å². The first-order chi connectivity index (χ1) is 16.6. The topological polar surface area (TPSA) is 66.4 Å². The summed E-state index contributed by atoms with van der Waals surface area (Å²) < 4.78 is 51.7. The Morgan fingerprint density at radius 2 is 1.67 bits per heavy atom. The fourth-order valence-electron chi connectivity index (χ4n) is 3.80. The van der Waals surface area contributed by atoms with E-state index in [9.17, 15) is 8.96 Å². The minimum absolute atomic E-state index is 0.0238. The number of halogens is 2. The molecule has 198 valence electrons. The highest BCUT2D eigenvalue weighted by atomic mass is 79.9. The molecule has 2 aromatic carbocycles. The lowest BCUT2D eigenvalue weighted by molar-refractivity contribution is -0.00465. The van der Waals surface area contributed by atoms with Gasteiger partial charge in [0.2, 0.25) is 0 Å². The van der Waals surface area contributed by atoms with E-state index >= 15 is 0 Å². The molecule has 1 unspecified atom stereocenters. The predicted molar refractivity (Wildman–Crippen MR) is 145 cm³/mol. The molecule has 1 atom stereocenters. The molecule has 0 saturated heterocycles. The Morgan fingerprint density at radius 1 is 1.06 bits per heavy atom. The van der Waals surface area contributed by atoms with Crippen molar-refractivity contribution in [1.29, 1.82) is 0 Å². The molecule has 0 amide bonds. The van der Waals surface area contributed by atoms with Crippen LogP contribution in [0.4, 0.5) is 4.39 Å². The van der Waals surface area contributed by atoms with E-state index in [4.69, 9.17) is 23.3 Å². The molecule has 0 bridgehead atoms. The highest BCUT2D eigenvalue weighted by Crippen LogP contribution is 2.56. The van der Waals surface area contributed by atoms with Crippen LogP contribution in [0, 0.1) is 5.82 Å². The molecule has 6 nitrogen and oxygen atoms in total. The van der Waals surface area contributed by atoms with Crippen LogP contribution in [0.15, 0.2) is 51.9 Å². The van der Waals surface area contributed by atoms with E-state index in [-0.39, 0.29) is 12.4 Å². The minimum atomic E-state index is -3.89. The summed E-state index contributed by atoms with van der Waals surface area (Å²) in [5.41, 5.74) is 0.242. The summed E-state index contributed by atoms with van der Waals surface area (Å²) in [6.45, 7) is 12.9. The van der Waals surface area contributed by atoms with Gasteiger partial charge in [-0.3, -0.25) is 13.6 Å². The Morgan fingerprint density at radius 3 is 2.17 bits per heavy atom. The summed E-state index contributed by atoms with van der Waals surface area (Å²) in [6, 6.07) is 12.8. The highest BCUT2D eigenvalue weighted by molar-refractivity contribution is 9.10. The number of phosphoric acid groups is 1. The second-order valence-corrected chi connectivity index (χ2v) is 13.5. The van der Waals surface area contributed by atoms with E-state index in [1.54, 1.807) is 54.5 Å². The van der Waals surface area contributed by atoms with Crippen molar-refractivity contribution in [2.75, 3.05) is 13.2 Å². The molecule has 1 aliphatic heterocycles. The lowest BCUT2D eigenvalue weighted by Gasteiger charge is -2.33. The van der Waals surface area contributed by atoms with E-state index < -0.39 is 24.6 Å². The van der Waals surface area contributed by atoms with Gasteiger partial charge in [-0.2, -0.15) is 0 Å². The molecule has 0 fully saturated rings. The van der Waals surface area contributed by atoms with Crippen LogP contribution < -0.4 is 0 Å². The second kappa shape index (κ2) is 11.0. The number of nitrogens with zero attached hydrogens (tertiary/aromatic N) is 1. The maximum Gasteiger partial charge on any atom is 0.475 e. The van der Waals surface area contributed by atoms with Gasteiger partial charge in [-0.1, -0.05) is 46.3 Å². The Kier molecular flexibility index (Phi) is 8.89. The summed E-state index contributed by atoms with van der Waals surface area (Å²) in [7, 11) is -3.89. The van der Waals surface area contributed by atoms with Gasteiger partial charge < -0.3 is 4.74 Å². The zero-order valence-corrected chi connectivity index (χ0v) is 24.5. The molecular formula is C27H36BrFNO5P. The molecule has 2 aromatic rings. The van der Waals surface area contributed by atoms with Crippen LogP contribution in [0.2, 0.25) is 0 Å². The molecule has 3 rings (SSSR count). The maximum absolute atomic E-state index is 14.3. The van der Waals surface area contributed by atoms with Crippen molar-refractivity contribution >= 4 is 29.7 Å². The number of hydrogen-bond acceptors (Lipinski definition) is 6. The van der Waals surface area contributed by atoms with Crippen LogP contribution in [0.5, 0.6) is 0 Å². The third-order valence-electron chi connectivity index (χ3n) is 5.28. The van der Waals surface area contributed by atoms with Crippen LogP contribution in [-0.2, 0) is 29.3 Å². The summed E-state index contributed by atoms with van der Waals surface area (Å²) in [4.78, 5) is 4.70. The van der Waals surface area contributed by atoms with E-state index in [1.165, 1.54) is 6.07 Å². The fourth-order valence-corrected chi connectivity index (χ4v) is 6.02. The van der Waals surface area contributed by atoms with Crippen molar-refractivity contribution in [1.82, 2.24) is 0 Å². The van der Waals surface area contributed by atoms with Gasteiger partial charge in [0.1, 0.15) is 18.0 Å². The average molecular weight is 584 g/mol. The second-order valence-electron chi connectivity index (χ2n) is 11.1. The van der Waals surface area contributed by atoms with Crippen molar-refractivity contribution in [3.63, 3.8) is 0 Å². The van der Waals surface area contributed by atoms with Crippen molar-refractivity contribution < 1.29 is 27.3 Å². The van der Waals surface area contributed by atoms with Crippen molar-refractivity contribution in [3.05, 3.63) is 58.3 Å². The number of hydrogen-bond donors (Lipinski definition) is 0. The van der Waals surface area contributed by atoms with Crippen LogP contribution in [-0.4, -0.2) is 35.9 Å². The highest BCUT2D eigenvalue weighted by Gasteiger charge is 2.43. The molecule has 0 radical (unpaired) electrons. The van der Waals surface area contributed by atoms with Gasteiger partial charge in [0.05, 0.1) is 17.8 Å². The largest absolute Gasteiger partial charge is 0.479 e. The molecule has 0 aliphatic carbocycles. The minimum Gasteiger partial charge on any atom is -0.479 e. The number of phosphoric ester groups is 1. The molecule has 0 N–H and O–H groups in total. The van der Waals surface area contributed by atoms with E-state index in [0.29, 0.717) is 35.4 Å². The molecule has 0 saturated carbocycles. The molecule has 0 aromatic heterocycles. The number of rotatable bonds is 9. The van der Waals surface area contributed by atoms with Gasteiger partial charge >= 0.3 is 7.82 Å². The number of benzene rings is 2. The molecule has 9 heteroatoms. The first-order valence-electron chi connectivity index (χ1n) is 12.0. The molecule has 1 heterocycles. The van der Waals surface area contributed by atoms with Crippen LogP contribution in [0.25, 0.3) is 11.1 Å². The first-order valence-corrected chi connectivity index (χ1v) is 14.2. The Bertz CT molecular complexity index is 1120. The summed E-state index contributed by atoms with van der Waals surface area (Å²) in [6.07, 6.45) is 1.28. The van der Waals surface area contributed by atoms with E-state index in [1.807, 2.05) is 30.3 Å². The third kappa shape index (κ3) is 8.49. The van der Waals surface area contributed by atoms with Crippen molar-refractivity contribution in [3.8, 4) is 11.1 Å². The Labute approximate surface area is 222 Å². The Hall–Kier alpha value is -1.57. The SMILES string of the molecule is CC1=NC(CCc2ccc(-c3ccc(Br)cc3F)cc2)(COP(=O)(OC(C)(C)C)OC(C)(C)C)CO1. The lowest BCUT2D eigenvalue weighted by atomic mass is 9.93. The van der Waals surface area contributed by atoms with E-state index in [0.717, 1.165) is 11.1 Å². The summed E-state index contributed by atoms with van der Waals surface area (Å²) in [5.74, 6) is 0.281. The number of ether oxygens (including phenoxy) is 1. The number of aliphatic imine (C=N–C) groups is 1.